The number of carbonyl (C=O) groups is 9. The molecule has 22 nitrogen and oxygen atoms in total. The summed E-state index contributed by atoms with van der Waals surface area (Å²) in [7, 11) is 0. The first-order chi connectivity index (χ1) is 26.7. The van der Waals surface area contributed by atoms with Gasteiger partial charge >= 0.3 is 5.97 Å². The number of aliphatic hydroxyl groups excluding tert-OH is 2. The number of amides is 8. The van der Waals surface area contributed by atoms with E-state index in [1.807, 2.05) is 29.6 Å². The number of primary amides is 2. The summed E-state index contributed by atoms with van der Waals surface area (Å²) in [5.41, 5.74) is 18.4. The van der Waals surface area contributed by atoms with Crippen molar-refractivity contribution in [1.82, 2.24) is 36.9 Å². The molecule has 22 heteroatoms. The van der Waals surface area contributed by atoms with Gasteiger partial charge in [-0.25, -0.2) is 0 Å². The third-order valence-corrected chi connectivity index (χ3v) is 8.86. The monoisotopic (exact) mass is 804 g/mol. The van der Waals surface area contributed by atoms with Crippen molar-refractivity contribution in [2.24, 2.45) is 23.1 Å². The van der Waals surface area contributed by atoms with E-state index >= 15 is 0 Å². The standard InChI is InChI=1S/C35H52N10O12/c1-5-15(2)27(43-30(52)20(36)10-18-13-39-21-9-7-6-8-19(18)21)34(56)41-22(11-24(37)48)32(54)45-29(17(4)47)35(57)42-23(12-25(38)49)31(53)44-28(16(3)46)33(55)40-14-26(50)51/h6-9,13,15-17,20,22-23,27-29,39,46-47H,5,10-12,14,36H2,1-4H3,(H2,37,48)(H2,38,49)(H,40,55)(H,41,56)(H,42,57)(H,43,52)(H,44,53)(H,45,54)(H,50,51)/t15-,16+,17+,20-,22-,23-,27-,28-,29-/m0/s1. The third kappa shape index (κ3) is 14.5. The Morgan fingerprint density at radius 1 is 0.684 bits per heavy atom. The first-order valence-electron chi connectivity index (χ1n) is 17.9. The predicted octanol–water partition coefficient (Wildman–Crippen LogP) is -4.78. The largest absolute Gasteiger partial charge is 0.480 e. The van der Waals surface area contributed by atoms with E-state index in [4.69, 9.17) is 22.3 Å². The summed E-state index contributed by atoms with van der Waals surface area (Å²) in [6.45, 7) is 4.69. The van der Waals surface area contributed by atoms with E-state index in [0.29, 0.717) is 6.42 Å². The lowest BCUT2D eigenvalue weighted by Gasteiger charge is -2.29. The lowest BCUT2D eigenvalue weighted by atomic mass is 9.96. The second-order valence-corrected chi connectivity index (χ2v) is 13.6. The summed E-state index contributed by atoms with van der Waals surface area (Å²) in [6.07, 6.45) is -2.78. The molecule has 0 aliphatic rings. The van der Waals surface area contributed by atoms with Gasteiger partial charge in [0.25, 0.3) is 0 Å². The number of rotatable bonds is 23. The van der Waals surface area contributed by atoms with Crippen LogP contribution in [0.1, 0.15) is 52.5 Å². The quantitative estimate of drug-likeness (QED) is 0.0502. The van der Waals surface area contributed by atoms with Gasteiger partial charge in [0.15, 0.2) is 0 Å². The molecule has 2 rings (SSSR count). The Kier molecular flexibility index (Phi) is 18.0. The number of aliphatic hydroxyl groups is 2. The van der Waals surface area contributed by atoms with Crippen LogP contribution in [-0.4, -0.2) is 129 Å². The maximum absolute atomic E-state index is 13.6. The topological polar surface area (TPSA) is 380 Å². The van der Waals surface area contributed by atoms with Gasteiger partial charge in [-0.1, -0.05) is 38.5 Å². The number of carboxylic acid groups (broad SMARTS) is 1. The summed E-state index contributed by atoms with van der Waals surface area (Å²) >= 11 is 0. The van der Waals surface area contributed by atoms with Crippen molar-refractivity contribution in [1.29, 1.82) is 0 Å². The van der Waals surface area contributed by atoms with Crippen molar-refractivity contribution in [2.75, 3.05) is 6.54 Å². The zero-order valence-corrected chi connectivity index (χ0v) is 31.9. The molecular weight excluding hydrogens is 752 g/mol. The number of aromatic nitrogens is 1. The number of fused-ring (bicyclic) bond motifs is 1. The number of nitrogens with one attached hydrogen (secondary N) is 7. The van der Waals surface area contributed by atoms with E-state index in [0.717, 1.165) is 30.3 Å². The highest BCUT2D eigenvalue weighted by atomic mass is 16.4. The Balaban J connectivity index is 2.24. The van der Waals surface area contributed by atoms with Crippen LogP contribution in [0.3, 0.4) is 0 Å². The van der Waals surface area contributed by atoms with Gasteiger partial charge in [0.1, 0.15) is 36.8 Å². The van der Waals surface area contributed by atoms with Crippen molar-refractivity contribution in [3.8, 4) is 0 Å². The minimum absolute atomic E-state index is 0.116. The van der Waals surface area contributed by atoms with E-state index in [1.165, 1.54) is 0 Å². The first kappa shape index (κ1) is 47.0. The zero-order chi connectivity index (χ0) is 43.1. The third-order valence-electron chi connectivity index (χ3n) is 8.86. The second-order valence-electron chi connectivity index (χ2n) is 13.6. The Bertz CT molecular complexity index is 1800. The van der Waals surface area contributed by atoms with Crippen molar-refractivity contribution >= 4 is 64.1 Å². The summed E-state index contributed by atoms with van der Waals surface area (Å²) in [5, 5.41) is 43.5. The molecule has 2 aromatic rings. The average Bonchev–Trinajstić information content (AvgIpc) is 3.54. The number of H-pyrrole nitrogens is 1. The normalized spacial score (nSPS) is 15.8. The van der Waals surface area contributed by atoms with Crippen LogP contribution in [0.5, 0.6) is 0 Å². The molecule has 1 heterocycles. The highest BCUT2D eigenvalue weighted by molar-refractivity contribution is 5.99. The molecular formula is C35H52N10O12. The molecule has 57 heavy (non-hydrogen) atoms. The van der Waals surface area contributed by atoms with Crippen LogP contribution in [0.4, 0.5) is 0 Å². The number of carbonyl (C=O) groups excluding carboxylic acids is 8. The van der Waals surface area contributed by atoms with Gasteiger partial charge in [-0.2, -0.15) is 0 Å². The molecule has 0 spiro atoms. The van der Waals surface area contributed by atoms with Crippen LogP contribution < -0.4 is 49.1 Å². The molecule has 16 N–H and O–H groups in total. The Labute approximate surface area is 326 Å². The molecule has 8 amide bonds. The van der Waals surface area contributed by atoms with E-state index in [-0.39, 0.29) is 6.42 Å². The predicted molar refractivity (Wildman–Crippen MR) is 201 cm³/mol. The van der Waals surface area contributed by atoms with Crippen LogP contribution in [-0.2, 0) is 49.6 Å². The number of aliphatic carboxylic acids is 1. The van der Waals surface area contributed by atoms with E-state index in [9.17, 15) is 53.4 Å². The molecule has 9 atom stereocenters. The van der Waals surface area contributed by atoms with Gasteiger partial charge in [-0.15, -0.1) is 0 Å². The molecule has 0 saturated heterocycles. The number of nitrogens with two attached hydrogens (primary N) is 3. The lowest BCUT2D eigenvalue weighted by molar-refractivity contribution is -0.140. The van der Waals surface area contributed by atoms with Gasteiger partial charge in [0, 0.05) is 17.1 Å². The Morgan fingerprint density at radius 2 is 1.16 bits per heavy atom. The molecule has 0 radical (unpaired) electrons. The van der Waals surface area contributed by atoms with Gasteiger partial charge < -0.3 is 69.4 Å². The van der Waals surface area contributed by atoms with Gasteiger partial charge in [-0.05, 0) is 37.8 Å². The molecule has 0 unspecified atom stereocenters. The van der Waals surface area contributed by atoms with Crippen molar-refractivity contribution in [2.45, 2.75) is 102 Å². The molecule has 0 fully saturated rings. The van der Waals surface area contributed by atoms with Crippen LogP contribution in [0, 0.1) is 5.92 Å². The minimum atomic E-state index is -1.91. The summed E-state index contributed by atoms with van der Waals surface area (Å²) in [6, 6.07) is -2.25. The minimum Gasteiger partial charge on any atom is -0.480 e. The lowest BCUT2D eigenvalue weighted by Crippen LogP contribution is -2.63. The average molecular weight is 805 g/mol. The fraction of sp³-hybridized carbons (Fsp3) is 0.514. The number of benzene rings is 1. The van der Waals surface area contributed by atoms with E-state index in [2.05, 4.69) is 31.6 Å². The fourth-order valence-electron chi connectivity index (χ4n) is 5.53. The van der Waals surface area contributed by atoms with Gasteiger partial charge in [-0.3, -0.25) is 43.2 Å². The highest BCUT2D eigenvalue weighted by Gasteiger charge is 2.37. The Hall–Kier alpha value is -6.13. The fourth-order valence-corrected chi connectivity index (χ4v) is 5.53. The number of para-hydroxylation sites is 1. The maximum Gasteiger partial charge on any atom is 0.322 e. The summed E-state index contributed by atoms with van der Waals surface area (Å²) in [5.74, 6) is -10.6. The van der Waals surface area contributed by atoms with Crippen molar-refractivity contribution < 1.29 is 58.5 Å². The number of carboxylic acids is 1. The molecule has 0 saturated carbocycles. The van der Waals surface area contributed by atoms with Crippen molar-refractivity contribution in [3.63, 3.8) is 0 Å². The molecule has 0 aliphatic heterocycles. The van der Waals surface area contributed by atoms with E-state index < -0.39 is 127 Å². The smallest absolute Gasteiger partial charge is 0.322 e. The van der Waals surface area contributed by atoms with Crippen LogP contribution in [0.15, 0.2) is 30.5 Å². The van der Waals surface area contributed by atoms with E-state index in [1.54, 1.807) is 20.0 Å². The molecule has 0 bridgehead atoms. The van der Waals surface area contributed by atoms with Crippen molar-refractivity contribution in [3.05, 3.63) is 36.0 Å². The molecule has 314 valence electrons. The SMILES string of the molecule is CC[C@H](C)[C@H](NC(=O)[C@@H](N)Cc1c[nH]c2ccccc12)C(=O)N[C@@H](CC(N)=O)C(=O)N[C@H](C(=O)N[C@@H](CC(N)=O)C(=O)N[C@H](C(=O)NCC(=O)O)[C@@H](C)O)[C@@H](C)O. The van der Waals surface area contributed by atoms with Crippen LogP contribution in [0.25, 0.3) is 10.9 Å². The van der Waals surface area contributed by atoms with Gasteiger partial charge in [0.2, 0.25) is 47.3 Å². The molecule has 0 aliphatic carbocycles. The maximum atomic E-state index is 13.6. The number of hydrogen-bond acceptors (Lipinski definition) is 12. The van der Waals surface area contributed by atoms with Gasteiger partial charge in [0.05, 0.1) is 31.1 Å². The van der Waals surface area contributed by atoms with Crippen LogP contribution >= 0.6 is 0 Å². The highest BCUT2D eigenvalue weighted by Crippen LogP contribution is 2.19. The molecule has 1 aromatic carbocycles. The summed E-state index contributed by atoms with van der Waals surface area (Å²) in [4.78, 5) is 117. The number of hydrogen-bond donors (Lipinski definition) is 13. The Morgan fingerprint density at radius 3 is 1.63 bits per heavy atom. The second kappa shape index (κ2) is 21.8. The zero-order valence-electron chi connectivity index (χ0n) is 31.9. The number of aromatic amines is 1. The van der Waals surface area contributed by atoms with Crippen LogP contribution in [0.2, 0.25) is 0 Å². The first-order valence-corrected chi connectivity index (χ1v) is 17.9. The molecule has 1 aromatic heterocycles. The summed E-state index contributed by atoms with van der Waals surface area (Å²) < 4.78 is 0.